The Kier molecular flexibility index (Phi) is 3.01. The van der Waals surface area contributed by atoms with Crippen LogP contribution in [0.1, 0.15) is 25.6 Å². The Morgan fingerprint density at radius 2 is 2.15 bits per heavy atom. The lowest BCUT2D eigenvalue weighted by Gasteiger charge is -2.41. The van der Waals surface area contributed by atoms with Crippen molar-refractivity contribution in [2.75, 3.05) is 0 Å². The van der Waals surface area contributed by atoms with Crippen LogP contribution in [0.3, 0.4) is 0 Å². The van der Waals surface area contributed by atoms with Gasteiger partial charge < -0.3 is 14.8 Å². The molecule has 0 radical (unpaired) electrons. The first-order valence-corrected chi connectivity index (χ1v) is 6.92. The number of aromatic nitrogens is 2. The molecule has 0 bridgehead atoms. The highest BCUT2D eigenvalue weighted by Gasteiger charge is 2.47. The summed E-state index contributed by atoms with van der Waals surface area (Å²) in [6.07, 6.45) is 1.05. The van der Waals surface area contributed by atoms with Crippen molar-refractivity contribution in [3.63, 3.8) is 0 Å². The number of hydrogen-bond donors (Lipinski definition) is 2. The molecule has 1 fully saturated rings. The molecular formula is C15H18N2O3. The quantitative estimate of drug-likeness (QED) is 0.891. The monoisotopic (exact) mass is 274 g/mol. The number of nitrogens with zero attached hydrogens (tertiary/aromatic N) is 2. The molecule has 1 heterocycles. The van der Waals surface area contributed by atoms with Gasteiger partial charge in [0.1, 0.15) is 5.82 Å². The summed E-state index contributed by atoms with van der Waals surface area (Å²) in [4.78, 5) is 15.4. The van der Waals surface area contributed by atoms with E-state index < -0.39 is 17.5 Å². The highest BCUT2D eigenvalue weighted by atomic mass is 16.4. The molecule has 0 aliphatic heterocycles. The molecule has 1 saturated carbocycles. The molecule has 0 saturated heterocycles. The average molecular weight is 274 g/mol. The van der Waals surface area contributed by atoms with Crippen molar-refractivity contribution < 1.29 is 15.0 Å². The van der Waals surface area contributed by atoms with E-state index in [1.807, 2.05) is 31.2 Å². The first-order chi connectivity index (χ1) is 9.52. The molecular weight excluding hydrogens is 256 g/mol. The van der Waals surface area contributed by atoms with E-state index in [-0.39, 0.29) is 0 Å². The Hall–Kier alpha value is -1.88. The molecule has 1 aliphatic rings. The average Bonchev–Trinajstić information content (AvgIpc) is 2.72. The topological polar surface area (TPSA) is 75.4 Å². The van der Waals surface area contributed by atoms with Crippen LogP contribution < -0.4 is 0 Å². The first-order valence-electron chi connectivity index (χ1n) is 6.92. The summed E-state index contributed by atoms with van der Waals surface area (Å²) in [5.74, 6) is -0.404. The summed E-state index contributed by atoms with van der Waals surface area (Å²) in [5.41, 5.74) is 1.06. The highest BCUT2D eigenvalue weighted by molar-refractivity contribution is 5.76. The number of carboxylic acid groups (broad SMARTS) is 1. The molecule has 0 spiro atoms. The maximum atomic E-state index is 10.9. The van der Waals surface area contributed by atoms with Crippen LogP contribution in [0.4, 0.5) is 0 Å². The van der Waals surface area contributed by atoms with Crippen LogP contribution in [0, 0.1) is 5.92 Å². The predicted octanol–water partition coefficient (Wildman–Crippen LogP) is 1.82. The summed E-state index contributed by atoms with van der Waals surface area (Å²) in [7, 11) is 0. The molecule has 2 aromatic rings. The Morgan fingerprint density at radius 3 is 2.80 bits per heavy atom. The lowest BCUT2D eigenvalue weighted by Crippen LogP contribution is -2.49. The van der Waals surface area contributed by atoms with Crippen LogP contribution in [0.5, 0.6) is 0 Å². The number of fused-ring (bicyclic) bond motifs is 1. The Labute approximate surface area is 116 Å². The number of carbonyl (C=O) groups is 1. The number of aliphatic hydroxyl groups is 1. The predicted molar refractivity (Wildman–Crippen MR) is 74.4 cm³/mol. The van der Waals surface area contributed by atoms with E-state index in [0.29, 0.717) is 19.3 Å². The van der Waals surface area contributed by atoms with Gasteiger partial charge in [0, 0.05) is 13.0 Å². The van der Waals surface area contributed by atoms with Crippen molar-refractivity contribution in [2.45, 2.75) is 38.3 Å². The fourth-order valence-corrected chi connectivity index (χ4v) is 3.08. The minimum atomic E-state index is -0.919. The van der Waals surface area contributed by atoms with Crippen molar-refractivity contribution in [1.82, 2.24) is 9.55 Å². The molecule has 5 nitrogen and oxygen atoms in total. The van der Waals surface area contributed by atoms with Gasteiger partial charge in [-0.25, -0.2) is 4.98 Å². The number of carboxylic acids is 1. The van der Waals surface area contributed by atoms with Gasteiger partial charge in [0.05, 0.1) is 22.6 Å². The Morgan fingerprint density at radius 1 is 1.45 bits per heavy atom. The van der Waals surface area contributed by atoms with Crippen molar-refractivity contribution in [3.05, 3.63) is 30.1 Å². The fraction of sp³-hybridized carbons (Fsp3) is 0.467. The molecule has 1 aromatic carbocycles. The van der Waals surface area contributed by atoms with Crippen LogP contribution in [0.2, 0.25) is 0 Å². The van der Waals surface area contributed by atoms with Crippen LogP contribution in [0.25, 0.3) is 11.0 Å². The number of aryl methyl sites for hydroxylation is 1. The fourth-order valence-electron chi connectivity index (χ4n) is 3.08. The number of imidazole rings is 1. The third kappa shape index (κ3) is 2.08. The van der Waals surface area contributed by atoms with Gasteiger partial charge in [0.15, 0.2) is 0 Å². The van der Waals surface area contributed by atoms with Gasteiger partial charge in [-0.1, -0.05) is 12.1 Å². The number of benzene rings is 1. The largest absolute Gasteiger partial charge is 0.481 e. The van der Waals surface area contributed by atoms with E-state index >= 15 is 0 Å². The third-order valence-electron chi connectivity index (χ3n) is 4.14. The van der Waals surface area contributed by atoms with Crippen LogP contribution in [0.15, 0.2) is 24.3 Å². The summed E-state index contributed by atoms with van der Waals surface area (Å²) in [6.45, 7) is 2.83. The van der Waals surface area contributed by atoms with E-state index in [1.165, 1.54) is 0 Å². The van der Waals surface area contributed by atoms with Gasteiger partial charge in [0.2, 0.25) is 0 Å². The minimum Gasteiger partial charge on any atom is -0.481 e. The summed E-state index contributed by atoms with van der Waals surface area (Å²) < 4.78 is 2.08. The number of hydrogen-bond acceptors (Lipinski definition) is 3. The first kappa shape index (κ1) is 13.1. The third-order valence-corrected chi connectivity index (χ3v) is 4.14. The van der Waals surface area contributed by atoms with E-state index in [2.05, 4.69) is 9.55 Å². The zero-order valence-corrected chi connectivity index (χ0v) is 11.4. The Bertz CT molecular complexity index is 656. The molecule has 3 rings (SSSR count). The molecule has 0 atom stereocenters. The Balaban J connectivity index is 1.86. The van der Waals surface area contributed by atoms with Crippen LogP contribution in [-0.4, -0.2) is 31.3 Å². The summed E-state index contributed by atoms with van der Waals surface area (Å²) in [5, 5.41) is 19.3. The second-order valence-corrected chi connectivity index (χ2v) is 5.61. The van der Waals surface area contributed by atoms with Crippen molar-refractivity contribution >= 4 is 17.0 Å². The maximum Gasteiger partial charge on any atom is 0.306 e. The number of aliphatic carboxylic acids is 1. The van der Waals surface area contributed by atoms with Crippen molar-refractivity contribution in [2.24, 2.45) is 5.92 Å². The molecule has 5 heteroatoms. The van der Waals surface area contributed by atoms with E-state index in [4.69, 9.17) is 5.11 Å². The lowest BCUT2D eigenvalue weighted by molar-refractivity contribution is -0.158. The minimum absolute atomic E-state index is 0.315. The lowest BCUT2D eigenvalue weighted by atomic mass is 9.69. The zero-order chi connectivity index (χ0) is 14.3. The van der Waals surface area contributed by atoms with Gasteiger partial charge in [-0.3, -0.25) is 4.79 Å². The standard InChI is InChI=1S/C15H18N2O3/c1-2-17-12-6-4-3-5-11(12)16-13(17)9-15(20)7-10(8-15)14(18)19/h3-6,10,20H,2,7-9H2,1H3,(H,18,19). The van der Waals surface area contributed by atoms with Crippen molar-refractivity contribution in [3.8, 4) is 0 Å². The van der Waals surface area contributed by atoms with Crippen LogP contribution >= 0.6 is 0 Å². The maximum absolute atomic E-state index is 10.9. The van der Waals surface area contributed by atoms with Gasteiger partial charge in [0.25, 0.3) is 0 Å². The summed E-state index contributed by atoms with van der Waals surface area (Å²) >= 11 is 0. The second-order valence-electron chi connectivity index (χ2n) is 5.61. The van der Waals surface area contributed by atoms with Crippen molar-refractivity contribution in [1.29, 1.82) is 0 Å². The highest BCUT2D eigenvalue weighted by Crippen LogP contribution is 2.40. The molecule has 0 unspecified atom stereocenters. The molecule has 1 aromatic heterocycles. The molecule has 20 heavy (non-hydrogen) atoms. The SMILES string of the molecule is CCn1c(CC2(O)CC(C(=O)O)C2)nc2ccccc21. The van der Waals surface area contributed by atoms with Gasteiger partial charge >= 0.3 is 5.97 Å². The van der Waals surface area contributed by atoms with Gasteiger partial charge in [-0.15, -0.1) is 0 Å². The van der Waals surface area contributed by atoms with Gasteiger partial charge in [-0.2, -0.15) is 0 Å². The smallest absolute Gasteiger partial charge is 0.306 e. The van der Waals surface area contributed by atoms with E-state index in [1.54, 1.807) is 0 Å². The second kappa shape index (κ2) is 4.59. The molecule has 0 amide bonds. The molecule has 1 aliphatic carbocycles. The number of para-hydroxylation sites is 2. The number of rotatable bonds is 4. The van der Waals surface area contributed by atoms with E-state index in [0.717, 1.165) is 23.4 Å². The summed E-state index contributed by atoms with van der Waals surface area (Å²) in [6, 6.07) is 7.88. The normalized spacial score (nSPS) is 25.6. The molecule has 106 valence electrons. The van der Waals surface area contributed by atoms with Gasteiger partial charge in [-0.05, 0) is 31.9 Å². The zero-order valence-electron chi connectivity index (χ0n) is 11.4. The molecule has 2 N–H and O–H groups in total. The van der Waals surface area contributed by atoms with Crippen LogP contribution in [-0.2, 0) is 17.8 Å². The van der Waals surface area contributed by atoms with E-state index in [9.17, 15) is 9.90 Å².